The highest BCUT2D eigenvalue weighted by molar-refractivity contribution is 5.98. The predicted octanol–water partition coefficient (Wildman–Crippen LogP) is 4.77. The maximum absolute atomic E-state index is 14.5. The van der Waals surface area contributed by atoms with Gasteiger partial charge in [-0.25, -0.2) is 18.6 Å². The molecule has 1 aromatic heterocycles. The van der Waals surface area contributed by atoms with Crippen molar-refractivity contribution in [3.05, 3.63) is 88.2 Å². The minimum atomic E-state index is -1.15. The van der Waals surface area contributed by atoms with Crippen LogP contribution in [0.25, 0.3) is 0 Å². The quantitative estimate of drug-likeness (QED) is 0.259. The number of aromatic nitrogens is 1. The highest BCUT2D eigenvalue weighted by Gasteiger charge is 2.29. The molecule has 0 saturated carbocycles. The molecule has 1 amide bonds. The second-order valence-electron chi connectivity index (χ2n) is 9.42. The standard InChI is InChI=1S/C30H32F2N2O7/c1-16-7-9-21(13-23(16)31)26(22-10-8-17(2)24(32)14-22)19(4)41-30(37)18(3)34-29(36)27-28(40-15-39-20(5)35)25(38-6)11-12-33-27/h7-14,18-19,26H,15H2,1-6H3,(H,34,36)/t18-,19-/m0/s1. The number of pyridine rings is 1. The fraction of sp³-hybridized carbons (Fsp3) is 0.333. The molecule has 0 aliphatic carbocycles. The van der Waals surface area contributed by atoms with Crippen molar-refractivity contribution in [1.29, 1.82) is 0 Å². The number of ether oxygens (including phenoxy) is 4. The van der Waals surface area contributed by atoms with Crippen molar-refractivity contribution in [1.82, 2.24) is 10.3 Å². The van der Waals surface area contributed by atoms with E-state index in [2.05, 4.69) is 10.3 Å². The molecular weight excluding hydrogens is 538 g/mol. The number of amides is 1. The molecule has 2 atom stereocenters. The summed E-state index contributed by atoms with van der Waals surface area (Å²) in [6.45, 7) is 6.97. The number of methoxy groups -OCH3 is 1. The van der Waals surface area contributed by atoms with Gasteiger partial charge in [-0.3, -0.25) is 9.59 Å². The Balaban J connectivity index is 1.80. The zero-order valence-corrected chi connectivity index (χ0v) is 23.6. The van der Waals surface area contributed by atoms with Crippen LogP contribution in [-0.2, 0) is 19.1 Å². The number of hydrogen-bond acceptors (Lipinski definition) is 8. The van der Waals surface area contributed by atoms with E-state index in [1.807, 2.05) is 0 Å². The molecule has 0 aliphatic rings. The third-order valence-corrected chi connectivity index (χ3v) is 6.35. The van der Waals surface area contributed by atoms with Gasteiger partial charge in [0.2, 0.25) is 6.79 Å². The lowest BCUT2D eigenvalue weighted by atomic mass is 9.86. The molecule has 0 aliphatic heterocycles. The summed E-state index contributed by atoms with van der Waals surface area (Å²) in [5.41, 5.74) is 1.64. The fourth-order valence-corrected chi connectivity index (χ4v) is 4.08. The Morgan fingerprint density at radius 1 is 0.951 bits per heavy atom. The maximum Gasteiger partial charge on any atom is 0.328 e. The largest absolute Gasteiger partial charge is 0.493 e. The number of aryl methyl sites for hydroxylation is 2. The molecule has 1 N–H and O–H groups in total. The molecule has 9 nitrogen and oxygen atoms in total. The minimum Gasteiger partial charge on any atom is -0.493 e. The average molecular weight is 571 g/mol. The van der Waals surface area contributed by atoms with Gasteiger partial charge < -0.3 is 24.3 Å². The average Bonchev–Trinajstić information content (AvgIpc) is 2.92. The van der Waals surface area contributed by atoms with Gasteiger partial charge in [-0.2, -0.15) is 0 Å². The number of benzene rings is 2. The van der Waals surface area contributed by atoms with E-state index in [1.165, 1.54) is 45.4 Å². The first-order valence-electron chi connectivity index (χ1n) is 12.8. The van der Waals surface area contributed by atoms with Crippen LogP contribution in [0, 0.1) is 25.5 Å². The van der Waals surface area contributed by atoms with E-state index >= 15 is 0 Å². The van der Waals surface area contributed by atoms with Crippen molar-refractivity contribution in [3.63, 3.8) is 0 Å². The number of nitrogens with zero attached hydrogens (tertiary/aromatic N) is 1. The predicted molar refractivity (Wildman–Crippen MR) is 145 cm³/mol. The lowest BCUT2D eigenvalue weighted by Crippen LogP contribution is -2.41. The maximum atomic E-state index is 14.5. The van der Waals surface area contributed by atoms with Crippen molar-refractivity contribution in [2.24, 2.45) is 0 Å². The van der Waals surface area contributed by atoms with Gasteiger partial charge in [-0.05, 0) is 62.1 Å². The van der Waals surface area contributed by atoms with Gasteiger partial charge in [0.1, 0.15) is 23.8 Å². The summed E-state index contributed by atoms with van der Waals surface area (Å²) in [6, 6.07) is 9.55. The van der Waals surface area contributed by atoms with Crippen molar-refractivity contribution >= 4 is 17.8 Å². The zero-order chi connectivity index (χ0) is 30.3. The second-order valence-corrected chi connectivity index (χ2v) is 9.42. The molecule has 41 heavy (non-hydrogen) atoms. The molecule has 1 heterocycles. The van der Waals surface area contributed by atoms with Crippen LogP contribution in [0.4, 0.5) is 8.78 Å². The Morgan fingerprint density at radius 2 is 1.54 bits per heavy atom. The number of nitrogens with one attached hydrogen (secondary N) is 1. The monoisotopic (exact) mass is 570 g/mol. The highest BCUT2D eigenvalue weighted by atomic mass is 19.1. The van der Waals surface area contributed by atoms with Crippen LogP contribution >= 0.6 is 0 Å². The number of halogens is 2. The van der Waals surface area contributed by atoms with Gasteiger partial charge in [0.25, 0.3) is 5.91 Å². The molecule has 0 unspecified atom stereocenters. The molecule has 218 valence electrons. The van der Waals surface area contributed by atoms with E-state index in [9.17, 15) is 23.2 Å². The number of esters is 2. The minimum absolute atomic E-state index is 0.0921. The van der Waals surface area contributed by atoms with E-state index in [1.54, 1.807) is 45.0 Å². The molecule has 0 spiro atoms. The molecule has 0 radical (unpaired) electrons. The molecule has 3 rings (SSSR count). The highest BCUT2D eigenvalue weighted by Crippen LogP contribution is 2.33. The summed E-state index contributed by atoms with van der Waals surface area (Å²) in [4.78, 5) is 41.2. The van der Waals surface area contributed by atoms with Crippen LogP contribution in [0.2, 0.25) is 0 Å². The van der Waals surface area contributed by atoms with E-state index in [4.69, 9.17) is 18.9 Å². The van der Waals surface area contributed by atoms with E-state index in [0.717, 1.165) is 0 Å². The van der Waals surface area contributed by atoms with Crippen LogP contribution < -0.4 is 14.8 Å². The van der Waals surface area contributed by atoms with Crippen LogP contribution in [0.3, 0.4) is 0 Å². The zero-order valence-electron chi connectivity index (χ0n) is 23.6. The number of rotatable bonds is 11. The third kappa shape index (κ3) is 7.77. The Kier molecular flexibility index (Phi) is 10.3. The van der Waals surface area contributed by atoms with Crippen LogP contribution in [0.5, 0.6) is 11.5 Å². The molecule has 11 heteroatoms. The summed E-state index contributed by atoms with van der Waals surface area (Å²) >= 11 is 0. The molecular formula is C30H32F2N2O7. The Morgan fingerprint density at radius 3 is 2.05 bits per heavy atom. The summed E-state index contributed by atoms with van der Waals surface area (Å²) in [5, 5.41) is 2.50. The SMILES string of the molecule is COc1ccnc(C(=O)N[C@@H](C)C(=O)O[C@@H](C)C(c2ccc(C)c(F)c2)c2ccc(C)c(F)c2)c1OCOC(C)=O. The summed E-state index contributed by atoms with van der Waals surface area (Å²) in [6.07, 6.45) is 0.437. The lowest BCUT2D eigenvalue weighted by Gasteiger charge is -2.27. The number of hydrogen-bond donors (Lipinski definition) is 1. The van der Waals surface area contributed by atoms with E-state index < -0.39 is 54.3 Å². The molecule has 0 fully saturated rings. The van der Waals surface area contributed by atoms with Crippen molar-refractivity contribution in [3.8, 4) is 11.5 Å². The van der Waals surface area contributed by atoms with Gasteiger partial charge in [-0.1, -0.05) is 24.3 Å². The van der Waals surface area contributed by atoms with Crippen LogP contribution in [0.1, 0.15) is 59.4 Å². The summed E-state index contributed by atoms with van der Waals surface area (Å²) in [5.74, 6) is -3.70. The first-order valence-corrected chi connectivity index (χ1v) is 12.8. The normalized spacial score (nSPS) is 12.3. The first kappa shape index (κ1) is 31.0. The number of carbonyl (C=O) groups is 3. The summed E-state index contributed by atoms with van der Waals surface area (Å²) < 4.78 is 50.0. The van der Waals surface area contributed by atoms with Gasteiger partial charge in [0, 0.05) is 25.1 Å². The van der Waals surface area contributed by atoms with Crippen LogP contribution in [-0.4, -0.2) is 48.9 Å². The topological polar surface area (TPSA) is 113 Å². The lowest BCUT2D eigenvalue weighted by molar-refractivity contribution is -0.151. The van der Waals surface area contributed by atoms with Gasteiger partial charge in [0.05, 0.1) is 7.11 Å². The van der Waals surface area contributed by atoms with Crippen LogP contribution in [0.15, 0.2) is 48.7 Å². The van der Waals surface area contributed by atoms with E-state index in [0.29, 0.717) is 22.3 Å². The van der Waals surface area contributed by atoms with Crippen molar-refractivity contribution in [2.45, 2.75) is 52.7 Å². The van der Waals surface area contributed by atoms with Gasteiger partial charge in [0.15, 0.2) is 17.2 Å². The fourth-order valence-electron chi connectivity index (χ4n) is 4.08. The Bertz CT molecular complexity index is 1380. The first-order chi connectivity index (χ1) is 19.4. The smallest absolute Gasteiger partial charge is 0.328 e. The van der Waals surface area contributed by atoms with Gasteiger partial charge in [-0.15, -0.1) is 0 Å². The van der Waals surface area contributed by atoms with Gasteiger partial charge >= 0.3 is 11.9 Å². The molecule has 3 aromatic rings. The second kappa shape index (κ2) is 13.7. The third-order valence-electron chi connectivity index (χ3n) is 6.35. The van der Waals surface area contributed by atoms with Crippen molar-refractivity contribution < 1.29 is 42.1 Å². The molecule has 0 saturated heterocycles. The molecule has 2 aromatic carbocycles. The number of carbonyl (C=O) groups excluding carboxylic acids is 3. The Hall–Kier alpha value is -4.54. The van der Waals surface area contributed by atoms with Crippen molar-refractivity contribution in [2.75, 3.05) is 13.9 Å². The Labute approximate surface area is 236 Å². The van der Waals surface area contributed by atoms with E-state index in [-0.39, 0.29) is 17.2 Å². The summed E-state index contributed by atoms with van der Waals surface area (Å²) in [7, 11) is 1.35. The molecule has 0 bridgehead atoms.